The lowest BCUT2D eigenvalue weighted by Crippen LogP contribution is -2.45. The molecule has 2 N–H and O–H groups in total. The Balaban J connectivity index is 1.61. The number of carbonyl (C=O) groups excluding carboxylic acids is 1. The van der Waals surface area contributed by atoms with Gasteiger partial charge in [0.05, 0.1) is 24.6 Å². The van der Waals surface area contributed by atoms with Crippen LogP contribution in [0, 0.1) is 0 Å². The van der Waals surface area contributed by atoms with Gasteiger partial charge >= 0.3 is 11.8 Å². The van der Waals surface area contributed by atoms with Crippen molar-refractivity contribution in [3.63, 3.8) is 0 Å². The SMILES string of the molecule is COc1ccc(CNC(=O)c2ccc3c(c2)c(=O)n(Cc2ccc(N(C(=O)O)C(C)(C)C)nc2)c(=O)n3C)cc1. The number of benzene rings is 2. The number of pyridine rings is 1. The van der Waals surface area contributed by atoms with Crippen molar-refractivity contribution in [1.82, 2.24) is 19.4 Å². The molecule has 0 atom stereocenters. The fraction of sp³-hybridized carbons (Fsp3) is 0.276. The summed E-state index contributed by atoms with van der Waals surface area (Å²) in [5.74, 6) is 0.581. The van der Waals surface area contributed by atoms with Crippen LogP contribution in [-0.4, -0.2) is 43.9 Å². The Morgan fingerprint density at radius 1 is 1.02 bits per heavy atom. The molecule has 11 nitrogen and oxygen atoms in total. The zero-order valence-corrected chi connectivity index (χ0v) is 23.0. The molecular formula is C29H31N5O6. The van der Waals surface area contributed by atoms with E-state index < -0.39 is 22.9 Å². The summed E-state index contributed by atoms with van der Waals surface area (Å²) in [6.45, 7) is 5.47. The van der Waals surface area contributed by atoms with E-state index in [-0.39, 0.29) is 35.8 Å². The molecule has 208 valence electrons. The first-order chi connectivity index (χ1) is 18.9. The summed E-state index contributed by atoms with van der Waals surface area (Å²) in [6.07, 6.45) is 0.298. The van der Waals surface area contributed by atoms with Crippen molar-refractivity contribution in [3.8, 4) is 5.75 Å². The molecule has 0 bridgehead atoms. The van der Waals surface area contributed by atoms with E-state index in [1.54, 1.807) is 65.3 Å². The van der Waals surface area contributed by atoms with E-state index in [9.17, 15) is 24.3 Å². The van der Waals surface area contributed by atoms with Crippen LogP contribution in [0.25, 0.3) is 10.9 Å². The van der Waals surface area contributed by atoms with E-state index in [0.717, 1.165) is 15.0 Å². The number of hydrogen-bond donors (Lipinski definition) is 2. The van der Waals surface area contributed by atoms with Crippen LogP contribution < -0.4 is 26.2 Å². The van der Waals surface area contributed by atoms with Crippen LogP contribution in [0.15, 0.2) is 70.4 Å². The van der Waals surface area contributed by atoms with Gasteiger partial charge in [-0.3, -0.25) is 23.6 Å². The summed E-state index contributed by atoms with van der Waals surface area (Å²) >= 11 is 0. The molecule has 40 heavy (non-hydrogen) atoms. The highest BCUT2D eigenvalue weighted by Crippen LogP contribution is 2.22. The smallest absolute Gasteiger partial charge is 0.413 e. The normalized spacial score (nSPS) is 11.3. The summed E-state index contributed by atoms with van der Waals surface area (Å²) < 4.78 is 7.56. The summed E-state index contributed by atoms with van der Waals surface area (Å²) in [4.78, 5) is 56.5. The molecule has 2 amide bonds. The topological polar surface area (TPSA) is 136 Å². The second kappa shape index (κ2) is 11.0. The molecular weight excluding hydrogens is 514 g/mol. The second-order valence-electron chi connectivity index (χ2n) is 10.3. The zero-order chi connectivity index (χ0) is 29.2. The molecule has 4 aromatic rings. The van der Waals surface area contributed by atoms with Crippen LogP contribution in [0.1, 0.15) is 42.3 Å². The first kappa shape index (κ1) is 28.1. The first-order valence-electron chi connectivity index (χ1n) is 12.5. The Labute approximate surface area is 230 Å². The van der Waals surface area contributed by atoms with Gasteiger partial charge in [-0.2, -0.15) is 0 Å². The van der Waals surface area contributed by atoms with Gasteiger partial charge < -0.3 is 15.2 Å². The average Bonchev–Trinajstić information content (AvgIpc) is 2.92. The van der Waals surface area contributed by atoms with Crippen molar-refractivity contribution in [1.29, 1.82) is 0 Å². The number of nitrogens with one attached hydrogen (secondary N) is 1. The van der Waals surface area contributed by atoms with E-state index in [0.29, 0.717) is 16.8 Å². The van der Waals surface area contributed by atoms with Crippen LogP contribution in [0.5, 0.6) is 5.75 Å². The van der Waals surface area contributed by atoms with E-state index in [1.807, 2.05) is 12.1 Å². The van der Waals surface area contributed by atoms with E-state index in [1.165, 1.54) is 22.9 Å². The van der Waals surface area contributed by atoms with E-state index in [4.69, 9.17) is 4.74 Å². The fourth-order valence-corrected chi connectivity index (χ4v) is 4.38. The number of fused-ring (bicyclic) bond motifs is 1. The molecule has 2 aromatic carbocycles. The van der Waals surface area contributed by atoms with Crippen LogP contribution in [0.2, 0.25) is 0 Å². The van der Waals surface area contributed by atoms with Crippen molar-refractivity contribution in [3.05, 3.63) is 98.3 Å². The largest absolute Gasteiger partial charge is 0.497 e. The van der Waals surface area contributed by atoms with Gasteiger partial charge in [-0.1, -0.05) is 18.2 Å². The Bertz CT molecular complexity index is 1680. The number of nitrogens with zero attached hydrogens (tertiary/aromatic N) is 4. The molecule has 0 unspecified atom stereocenters. The third-order valence-corrected chi connectivity index (χ3v) is 6.47. The van der Waals surface area contributed by atoms with Gasteiger partial charge in [0.15, 0.2) is 0 Å². The summed E-state index contributed by atoms with van der Waals surface area (Å²) in [5, 5.41) is 12.7. The summed E-state index contributed by atoms with van der Waals surface area (Å²) in [5.41, 5.74) is 0.306. The van der Waals surface area contributed by atoms with Crippen LogP contribution in [0.4, 0.5) is 10.6 Å². The minimum Gasteiger partial charge on any atom is -0.497 e. The number of aromatic nitrogens is 3. The second-order valence-corrected chi connectivity index (χ2v) is 10.3. The maximum absolute atomic E-state index is 13.4. The molecule has 0 radical (unpaired) electrons. The molecule has 0 aliphatic heterocycles. The Hall–Kier alpha value is -4.93. The van der Waals surface area contributed by atoms with Crippen molar-refractivity contribution in [2.24, 2.45) is 7.05 Å². The quantitative estimate of drug-likeness (QED) is 0.363. The molecule has 0 saturated carbocycles. The minimum atomic E-state index is -1.14. The number of aryl methyl sites for hydroxylation is 1. The van der Waals surface area contributed by atoms with Crippen LogP contribution in [0.3, 0.4) is 0 Å². The number of hydrogen-bond acceptors (Lipinski definition) is 6. The Kier molecular flexibility index (Phi) is 7.76. The number of carboxylic acid groups (broad SMARTS) is 1. The number of ether oxygens (including phenoxy) is 1. The highest BCUT2D eigenvalue weighted by atomic mass is 16.5. The van der Waals surface area contributed by atoms with Crippen molar-refractivity contribution in [2.75, 3.05) is 12.0 Å². The fourth-order valence-electron chi connectivity index (χ4n) is 4.38. The molecule has 0 fully saturated rings. The van der Waals surface area contributed by atoms with E-state index in [2.05, 4.69) is 10.3 Å². The number of methoxy groups -OCH3 is 1. The maximum Gasteiger partial charge on any atom is 0.413 e. The predicted molar refractivity (Wildman–Crippen MR) is 151 cm³/mol. The van der Waals surface area contributed by atoms with Gasteiger partial charge in [0.2, 0.25) is 0 Å². The maximum atomic E-state index is 13.4. The van der Waals surface area contributed by atoms with Crippen LogP contribution in [-0.2, 0) is 20.1 Å². The lowest BCUT2D eigenvalue weighted by Gasteiger charge is -2.32. The van der Waals surface area contributed by atoms with Crippen molar-refractivity contribution >= 4 is 28.7 Å². The monoisotopic (exact) mass is 545 g/mol. The molecule has 0 aliphatic carbocycles. The van der Waals surface area contributed by atoms with Gasteiger partial charge in [-0.25, -0.2) is 14.6 Å². The van der Waals surface area contributed by atoms with Crippen LogP contribution >= 0.6 is 0 Å². The molecule has 0 saturated heterocycles. The molecule has 4 rings (SSSR count). The first-order valence-corrected chi connectivity index (χ1v) is 12.5. The van der Waals surface area contributed by atoms with Gasteiger partial charge in [0.25, 0.3) is 11.5 Å². The average molecular weight is 546 g/mol. The summed E-state index contributed by atoms with van der Waals surface area (Å²) in [6, 6.07) is 15.1. The van der Waals surface area contributed by atoms with Crippen molar-refractivity contribution in [2.45, 2.75) is 39.4 Å². The van der Waals surface area contributed by atoms with Gasteiger partial charge in [0, 0.05) is 30.9 Å². The third-order valence-electron chi connectivity index (χ3n) is 6.47. The standard InChI is InChI=1S/C29H31N5O6/c1-29(2,3)34(28(38)39)24-13-8-19(16-30-24)17-33-26(36)22-14-20(9-12-23(22)32(4)27(33)37)25(35)31-15-18-6-10-21(40-5)11-7-18/h6-14,16H,15,17H2,1-5H3,(H,31,35)(H,38,39). The zero-order valence-electron chi connectivity index (χ0n) is 23.0. The van der Waals surface area contributed by atoms with Crippen molar-refractivity contribution < 1.29 is 19.4 Å². The molecule has 0 aliphatic rings. The lowest BCUT2D eigenvalue weighted by molar-refractivity contribution is 0.0951. The number of amides is 2. The number of anilines is 1. The van der Waals surface area contributed by atoms with Gasteiger partial charge in [0.1, 0.15) is 11.6 Å². The van der Waals surface area contributed by atoms with Gasteiger partial charge in [-0.15, -0.1) is 0 Å². The molecule has 11 heteroatoms. The summed E-state index contributed by atoms with van der Waals surface area (Å²) in [7, 11) is 3.13. The Morgan fingerprint density at radius 3 is 2.27 bits per heavy atom. The third kappa shape index (κ3) is 5.73. The highest BCUT2D eigenvalue weighted by Gasteiger charge is 2.28. The lowest BCUT2D eigenvalue weighted by atomic mass is 10.1. The highest BCUT2D eigenvalue weighted by molar-refractivity contribution is 5.97. The Morgan fingerprint density at radius 2 is 1.70 bits per heavy atom. The number of rotatable bonds is 7. The molecule has 2 aromatic heterocycles. The van der Waals surface area contributed by atoms with Gasteiger partial charge in [-0.05, 0) is 68.3 Å². The van der Waals surface area contributed by atoms with E-state index >= 15 is 0 Å². The number of carbonyl (C=O) groups is 2. The predicted octanol–water partition coefficient (Wildman–Crippen LogP) is 3.37. The molecule has 2 heterocycles. The minimum absolute atomic E-state index is 0.0782. The molecule has 0 spiro atoms.